The van der Waals surface area contributed by atoms with Gasteiger partial charge in [0.25, 0.3) is 0 Å². The Morgan fingerprint density at radius 2 is 1.82 bits per heavy atom. The fourth-order valence-electron chi connectivity index (χ4n) is 2.53. The summed E-state index contributed by atoms with van der Waals surface area (Å²) < 4.78 is 0.674. The monoisotopic (exact) mass is 366 g/mol. The quantitative estimate of drug-likeness (QED) is 0.634. The van der Waals surface area contributed by atoms with Crippen molar-refractivity contribution in [1.82, 2.24) is 20.6 Å². The molecule has 1 aromatic carbocycles. The minimum atomic E-state index is 0.157. The highest BCUT2D eigenvalue weighted by molar-refractivity contribution is 9.10. The van der Waals surface area contributed by atoms with E-state index in [2.05, 4.69) is 43.5 Å². The van der Waals surface area contributed by atoms with Crippen LogP contribution >= 0.6 is 15.9 Å². The summed E-state index contributed by atoms with van der Waals surface area (Å²) in [4.78, 5) is 0. The van der Waals surface area contributed by atoms with E-state index < -0.39 is 0 Å². The van der Waals surface area contributed by atoms with Crippen LogP contribution < -0.4 is 0 Å². The highest BCUT2D eigenvalue weighted by atomic mass is 79.9. The highest BCUT2D eigenvalue weighted by Gasteiger charge is 2.13. The van der Waals surface area contributed by atoms with Gasteiger partial charge in [-0.2, -0.15) is 5.21 Å². The number of unbranched alkanes of at least 4 members (excludes halogenated alkanes) is 6. The van der Waals surface area contributed by atoms with Crippen LogP contribution in [-0.4, -0.2) is 25.7 Å². The molecule has 5 nitrogen and oxygen atoms in total. The molecular weight excluding hydrogens is 344 g/mol. The molecule has 120 valence electrons. The van der Waals surface area contributed by atoms with Gasteiger partial charge in [-0.15, -0.1) is 10.2 Å². The molecule has 1 heterocycles. The number of halogens is 1. The van der Waals surface area contributed by atoms with Crippen molar-refractivity contribution in [2.75, 3.05) is 0 Å². The van der Waals surface area contributed by atoms with E-state index in [1.807, 2.05) is 12.1 Å². The van der Waals surface area contributed by atoms with Crippen LogP contribution in [0.4, 0.5) is 0 Å². The van der Waals surface area contributed by atoms with Crippen LogP contribution in [0.1, 0.15) is 57.4 Å². The molecule has 0 aliphatic carbocycles. The van der Waals surface area contributed by atoms with Gasteiger partial charge in [0, 0.05) is 0 Å². The lowest BCUT2D eigenvalue weighted by Gasteiger charge is -2.08. The van der Waals surface area contributed by atoms with Gasteiger partial charge in [0.1, 0.15) is 5.75 Å². The van der Waals surface area contributed by atoms with Crippen LogP contribution in [0.5, 0.6) is 5.75 Å². The molecule has 2 N–H and O–H groups in total. The number of aromatic amines is 1. The summed E-state index contributed by atoms with van der Waals surface area (Å²) in [6, 6.07) is 3.91. The van der Waals surface area contributed by atoms with E-state index in [1.54, 1.807) is 0 Å². The largest absolute Gasteiger partial charge is 0.506 e. The normalized spacial score (nSPS) is 11.0. The third-order valence-electron chi connectivity index (χ3n) is 3.78. The zero-order valence-electron chi connectivity index (χ0n) is 13.0. The van der Waals surface area contributed by atoms with Gasteiger partial charge >= 0.3 is 0 Å². The molecule has 2 aromatic rings. The molecule has 0 fully saturated rings. The van der Waals surface area contributed by atoms with Crippen LogP contribution in [-0.2, 0) is 6.42 Å². The Morgan fingerprint density at radius 3 is 2.50 bits per heavy atom. The lowest BCUT2D eigenvalue weighted by molar-refractivity contribution is 0.473. The number of nitrogens with one attached hydrogen (secondary N) is 1. The number of nitrogens with zero attached hydrogens (tertiary/aromatic N) is 3. The van der Waals surface area contributed by atoms with Crippen LogP contribution in [0.2, 0.25) is 0 Å². The van der Waals surface area contributed by atoms with Crippen molar-refractivity contribution in [3.63, 3.8) is 0 Å². The third kappa shape index (κ3) is 4.80. The summed E-state index contributed by atoms with van der Waals surface area (Å²) in [6.45, 7) is 2.24. The zero-order chi connectivity index (χ0) is 15.8. The Hall–Kier alpha value is -1.43. The Morgan fingerprint density at radius 1 is 1.09 bits per heavy atom. The summed E-state index contributed by atoms with van der Waals surface area (Å²) in [6.07, 6.45) is 10.0. The predicted molar refractivity (Wildman–Crippen MR) is 90.7 cm³/mol. The number of aryl methyl sites for hydroxylation is 1. The first kappa shape index (κ1) is 16.9. The number of H-pyrrole nitrogens is 1. The number of hydrogen-bond acceptors (Lipinski definition) is 4. The topological polar surface area (TPSA) is 74.7 Å². The number of aromatic hydroxyl groups is 1. The van der Waals surface area contributed by atoms with E-state index >= 15 is 0 Å². The molecule has 0 aliphatic heterocycles. The molecule has 0 saturated heterocycles. The van der Waals surface area contributed by atoms with Gasteiger partial charge in [0.15, 0.2) is 0 Å². The maximum Gasteiger partial charge on any atom is 0.208 e. The molecular formula is C16H23BrN4O. The molecule has 0 radical (unpaired) electrons. The minimum Gasteiger partial charge on any atom is -0.506 e. The molecule has 0 atom stereocenters. The first-order valence-corrected chi connectivity index (χ1v) is 8.77. The zero-order valence-corrected chi connectivity index (χ0v) is 14.6. The van der Waals surface area contributed by atoms with Crippen molar-refractivity contribution in [2.45, 2.75) is 58.3 Å². The Labute approximate surface area is 139 Å². The highest BCUT2D eigenvalue weighted by Crippen LogP contribution is 2.35. The second-order valence-electron chi connectivity index (χ2n) is 5.58. The van der Waals surface area contributed by atoms with Crippen LogP contribution in [0, 0.1) is 0 Å². The minimum absolute atomic E-state index is 0.157. The molecule has 1 aromatic heterocycles. The van der Waals surface area contributed by atoms with Gasteiger partial charge in [0.2, 0.25) is 5.82 Å². The van der Waals surface area contributed by atoms with Gasteiger partial charge < -0.3 is 5.11 Å². The maximum atomic E-state index is 10.1. The van der Waals surface area contributed by atoms with E-state index in [1.165, 1.54) is 44.1 Å². The number of hydrogen-bond donors (Lipinski definition) is 2. The Bertz CT molecular complexity index is 572. The fraction of sp³-hybridized carbons (Fsp3) is 0.562. The summed E-state index contributed by atoms with van der Waals surface area (Å²) in [5.41, 5.74) is 1.79. The van der Waals surface area contributed by atoms with Gasteiger partial charge in [-0.25, -0.2) is 0 Å². The molecule has 0 spiro atoms. The van der Waals surface area contributed by atoms with Crippen molar-refractivity contribution in [1.29, 1.82) is 0 Å². The van der Waals surface area contributed by atoms with Gasteiger partial charge in [-0.1, -0.05) is 45.4 Å². The molecule has 0 saturated carbocycles. The second kappa shape index (κ2) is 8.88. The third-order valence-corrected chi connectivity index (χ3v) is 4.38. The fourth-order valence-corrected chi connectivity index (χ4v) is 3.04. The Balaban J connectivity index is 1.89. The number of rotatable bonds is 9. The molecule has 2 rings (SSSR count). The summed E-state index contributed by atoms with van der Waals surface area (Å²) in [5, 5.41) is 24.0. The smallest absolute Gasteiger partial charge is 0.208 e. The number of phenolic OH excluding ortho intramolecular Hbond substituents is 1. The first-order valence-electron chi connectivity index (χ1n) is 7.97. The van der Waals surface area contributed by atoms with Gasteiger partial charge in [-0.3, -0.25) is 0 Å². The molecule has 22 heavy (non-hydrogen) atoms. The van der Waals surface area contributed by atoms with Crippen molar-refractivity contribution in [2.24, 2.45) is 0 Å². The average molecular weight is 367 g/mol. The van der Waals surface area contributed by atoms with Gasteiger partial charge in [0.05, 0.1) is 10.0 Å². The van der Waals surface area contributed by atoms with E-state index in [-0.39, 0.29) is 5.75 Å². The number of aromatic nitrogens is 4. The lowest BCUT2D eigenvalue weighted by atomic mass is 10.0. The van der Waals surface area contributed by atoms with Gasteiger partial charge in [-0.05, 0) is 51.7 Å². The molecule has 0 amide bonds. The second-order valence-corrected chi connectivity index (χ2v) is 6.43. The number of benzene rings is 1. The van der Waals surface area contributed by atoms with Crippen molar-refractivity contribution in [3.8, 4) is 17.1 Å². The molecule has 0 aliphatic rings. The van der Waals surface area contributed by atoms with Crippen molar-refractivity contribution < 1.29 is 5.11 Å². The standard InChI is InChI=1S/C16H23BrN4O/c1-2-3-4-5-6-7-8-9-12-10-13(15(22)14(17)11-12)16-18-20-21-19-16/h10-11,22H,2-9H2,1H3,(H,18,19,20,21). The average Bonchev–Trinajstić information content (AvgIpc) is 3.04. The van der Waals surface area contributed by atoms with E-state index in [0.29, 0.717) is 15.9 Å². The summed E-state index contributed by atoms with van der Waals surface area (Å²) in [5.74, 6) is 0.573. The molecule has 6 heteroatoms. The van der Waals surface area contributed by atoms with Crippen LogP contribution in [0.3, 0.4) is 0 Å². The lowest BCUT2D eigenvalue weighted by Crippen LogP contribution is -1.91. The maximum absolute atomic E-state index is 10.1. The van der Waals surface area contributed by atoms with Crippen LogP contribution in [0.25, 0.3) is 11.4 Å². The number of tetrazole rings is 1. The Kier molecular flexibility index (Phi) is 6.83. The molecule has 0 bridgehead atoms. The SMILES string of the molecule is CCCCCCCCCc1cc(Br)c(O)c(-c2nn[nH]n2)c1. The summed E-state index contributed by atoms with van der Waals surface area (Å²) in [7, 11) is 0. The van der Waals surface area contributed by atoms with Crippen LogP contribution in [0.15, 0.2) is 16.6 Å². The summed E-state index contributed by atoms with van der Waals surface area (Å²) >= 11 is 3.40. The van der Waals surface area contributed by atoms with Crippen molar-refractivity contribution in [3.05, 3.63) is 22.2 Å². The molecule has 0 unspecified atom stereocenters. The van der Waals surface area contributed by atoms with E-state index in [4.69, 9.17) is 0 Å². The van der Waals surface area contributed by atoms with Crippen molar-refractivity contribution >= 4 is 15.9 Å². The predicted octanol–water partition coefficient (Wildman–Crippen LogP) is 4.63. The number of phenols is 1. The first-order chi connectivity index (χ1) is 10.7. The van der Waals surface area contributed by atoms with E-state index in [0.717, 1.165) is 12.8 Å². The van der Waals surface area contributed by atoms with E-state index in [9.17, 15) is 5.11 Å².